The van der Waals surface area contributed by atoms with Crippen LogP contribution in [0.4, 0.5) is 18.9 Å². The summed E-state index contributed by atoms with van der Waals surface area (Å²) in [6, 6.07) is 19.6. The molecule has 1 amide bonds. The molecule has 0 spiro atoms. The van der Waals surface area contributed by atoms with Crippen LogP contribution >= 0.6 is 0 Å². The topological polar surface area (TPSA) is 101 Å². The zero-order chi connectivity index (χ0) is 25.0. The molecule has 7 nitrogen and oxygen atoms in total. The molecule has 0 unspecified atom stereocenters. The van der Waals surface area contributed by atoms with Crippen LogP contribution in [0.5, 0.6) is 5.75 Å². The maximum absolute atomic E-state index is 12.6. The average Bonchev–Trinajstić information content (AvgIpc) is 3.33. The lowest BCUT2D eigenvalue weighted by molar-refractivity contribution is -0.153. The van der Waals surface area contributed by atoms with Crippen molar-refractivity contribution in [1.82, 2.24) is 10.2 Å². The van der Waals surface area contributed by atoms with Crippen LogP contribution in [0.3, 0.4) is 0 Å². The molecule has 0 fully saturated rings. The molecule has 0 aliphatic rings. The largest absolute Gasteiger partial charge is 0.483 e. The van der Waals surface area contributed by atoms with Crippen molar-refractivity contribution in [3.05, 3.63) is 83.4 Å². The van der Waals surface area contributed by atoms with Gasteiger partial charge in [-0.25, -0.2) is 0 Å². The summed E-state index contributed by atoms with van der Waals surface area (Å²) in [6.45, 7) is 0.418. The van der Waals surface area contributed by atoms with Crippen LogP contribution in [0, 0.1) is 18.3 Å². The Morgan fingerprint density at radius 3 is 2.46 bits per heavy atom. The molecule has 0 radical (unpaired) electrons. The van der Waals surface area contributed by atoms with E-state index in [0.717, 1.165) is 11.1 Å². The highest BCUT2D eigenvalue weighted by Crippen LogP contribution is 2.27. The maximum atomic E-state index is 12.6. The quantitative estimate of drug-likeness (QED) is 0.377. The number of alkyl halides is 3. The first-order chi connectivity index (χ1) is 16.7. The molecule has 0 aliphatic heterocycles. The number of carbonyl (C=O) groups is 1. The monoisotopic (exact) mass is 478 g/mol. The number of nitrogens with one attached hydrogen (secondary N) is 1. The summed E-state index contributed by atoms with van der Waals surface area (Å²) in [7, 11) is 0. The average molecular weight is 478 g/mol. The molecule has 0 bridgehead atoms. The van der Waals surface area contributed by atoms with E-state index in [2.05, 4.69) is 20.3 Å². The van der Waals surface area contributed by atoms with Gasteiger partial charge >= 0.3 is 6.18 Å². The number of rotatable bonds is 6. The number of aromatic nitrogens is 2. The molecule has 176 valence electrons. The Labute approximate surface area is 197 Å². The maximum Gasteiger partial charge on any atom is 0.422 e. The first kappa shape index (κ1) is 23.5. The molecule has 1 aromatic heterocycles. The highest BCUT2D eigenvalue weighted by molar-refractivity contribution is 6.04. The highest BCUT2D eigenvalue weighted by atomic mass is 19.4. The molecule has 4 rings (SSSR count). The smallest absolute Gasteiger partial charge is 0.422 e. The van der Waals surface area contributed by atoms with Crippen molar-refractivity contribution in [1.29, 1.82) is 5.26 Å². The van der Waals surface area contributed by atoms with Crippen molar-refractivity contribution in [3.63, 3.8) is 0 Å². The molecule has 0 saturated heterocycles. The summed E-state index contributed by atoms with van der Waals surface area (Å²) in [5, 5.41) is 20.0. The number of aryl methyl sites for hydroxylation is 1. The zero-order valence-electron chi connectivity index (χ0n) is 18.3. The van der Waals surface area contributed by atoms with E-state index in [1.807, 2.05) is 31.2 Å². The van der Waals surface area contributed by atoms with Gasteiger partial charge in [-0.15, -0.1) is 10.2 Å². The van der Waals surface area contributed by atoms with Gasteiger partial charge < -0.3 is 14.5 Å². The van der Waals surface area contributed by atoms with Gasteiger partial charge in [-0.2, -0.15) is 18.4 Å². The minimum Gasteiger partial charge on any atom is -0.483 e. The number of nitriles is 1. The van der Waals surface area contributed by atoms with E-state index in [1.54, 1.807) is 30.3 Å². The minimum atomic E-state index is -4.53. The van der Waals surface area contributed by atoms with E-state index in [4.69, 9.17) is 4.42 Å². The van der Waals surface area contributed by atoms with Crippen molar-refractivity contribution < 1.29 is 27.1 Å². The van der Waals surface area contributed by atoms with Crippen molar-refractivity contribution in [2.24, 2.45) is 0 Å². The number of nitrogens with zero attached hydrogens (tertiary/aromatic N) is 3. The molecule has 3 aromatic carbocycles. The van der Waals surface area contributed by atoms with Gasteiger partial charge in [0.1, 0.15) is 11.8 Å². The SMILES string of the molecule is Cc1ccccc1-c1nnc(-c2ccc(C(=O)Nc3ccc(OCC(F)(F)F)c(C#N)c3)cc2)o1. The lowest BCUT2D eigenvalue weighted by Gasteiger charge is -2.12. The number of amides is 1. The van der Waals surface area contributed by atoms with Gasteiger partial charge in [0.15, 0.2) is 6.61 Å². The third-order valence-corrected chi connectivity index (χ3v) is 4.94. The summed E-state index contributed by atoms with van der Waals surface area (Å²) < 4.78 is 47.5. The van der Waals surface area contributed by atoms with E-state index in [1.165, 1.54) is 18.2 Å². The predicted octanol–water partition coefficient (Wildman–Crippen LogP) is 5.78. The Bertz CT molecular complexity index is 1410. The number of carbonyl (C=O) groups excluding carboxylic acids is 1. The number of ether oxygens (including phenoxy) is 1. The Hall–Kier alpha value is -4.65. The summed E-state index contributed by atoms with van der Waals surface area (Å²) in [4.78, 5) is 12.6. The number of benzene rings is 3. The second-order valence-corrected chi connectivity index (χ2v) is 7.49. The molecule has 0 saturated carbocycles. The third kappa shape index (κ3) is 5.65. The van der Waals surface area contributed by atoms with E-state index >= 15 is 0 Å². The lowest BCUT2D eigenvalue weighted by Crippen LogP contribution is -2.19. The van der Waals surface area contributed by atoms with Crippen LogP contribution in [-0.2, 0) is 0 Å². The Kier molecular flexibility index (Phi) is 6.51. The van der Waals surface area contributed by atoms with Crippen LogP contribution in [0.15, 0.2) is 71.1 Å². The predicted molar refractivity (Wildman–Crippen MR) is 121 cm³/mol. The fourth-order valence-corrected chi connectivity index (χ4v) is 3.21. The molecule has 0 aliphatic carbocycles. The van der Waals surface area contributed by atoms with Crippen LogP contribution < -0.4 is 10.1 Å². The van der Waals surface area contributed by atoms with Crippen LogP contribution in [0.1, 0.15) is 21.5 Å². The molecule has 4 aromatic rings. The van der Waals surface area contributed by atoms with Crippen molar-refractivity contribution >= 4 is 11.6 Å². The van der Waals surface area contributed by atoms with Gasteiger partial charge in [0.25, 0.3) is 5.91 Å². The molecule has 35 heavy (non-hydrogen) atoms. The molecule has 1 heterocycles. The highest BCUT2D eigenvalue weighted by Gasteiger charge is 2.29. The molecular formula is C25H17F3N4O3. The van der Waals surface area contributed by atoms with Crippen molar-refractivity contribution in [2.45, 2.75) is 13.1 Å². The summed E-state index contributed by atoms with van der Waals surface area (Å²) in [5.74, 6) is -0.0217. The van der Waals surface area contributed by atoms with Gasteiger partial charge in [-0.1, -0.05) is 18.2 Å². The Morgan fingerprint density at radius 2 is 1.77 bits per heavy atom. The van der Waals surface area contributed by atoms with E-state index in [9.17, 15) is 23.2 Å². The standard InChI is InChI=1S/C25H17F3N4O3/c1-15-4-2-3-5-20(15)24-32-31-23(35-24)17-8-6-16(7-9-17)22(33)30-19-10-11-21(18(12-19)13-29)34-14-25(26,27)28/h2-12H,14H2,1H3,(H,30,33). The van der Waals surface area contributed by atoms with Gasteiger partial charge in [-0.05, 0) is 61.0 Å². The summed E-state index contributed by atoms with van der Waals surface area (Å²) in [6.07, 6.45) is -4.53. The van der Waals surface area contributed by atoms with Crippen molar-refractivity contribution in [2.75, 3.05) is 11.9 Å². The van der Waals surface area contributed by atoms with Gasteiger partial charge in [0.2, 0.25) is 11.8 Å². The van der Waals surface area contributed by atoms with Gasteiger partial charge in [-0.3, -0.25) is 4.79 Å². The molecule has 0 atom stereocenters. The Balaban J connectivity index is 1.45. The lowest BCUT2D eigenvalue weighted by atomic mass is 10.1. The second kappa shape index (κ2) is 9.69. The van der Waals surface area contributed by atoms with Crippen LogP contribution in [-0.4, -0.2) is 28.9 Å². The first-order valence-corrected chi connectivity index (χ1v) is 10.3. The Morgan fingerprint density at radius 1 is 1.06 bits per heavy atom. The van der Waals surface area contributed by atoms with Crippen LogP contribution in [0.25, 0.3) is 22.9 Å². The minimum absolute atomic E-state index is 0.136. The van der Waals surface area contributed by atoms with E-state index in [0.29, 0.717) is 22.9 Å². The fourth-order valence-electron chi connectivity index (χ4n) is 3.21. The summed E-state index contributed by atoms with van der Waals surface area (Å²) >= 11 is 0. The fraction of sp³-hybridized carbons (Fsp3) is 0.120. The first-order valence-electron chi connectivity index (χ1n) is 10.3. The van der Waals surface area contributed by atoms with Gasteiger partial charge in [0.05, 0.1) is 5.56 Å². The van der Waals surface area contributed by atoms with Gasteiger partial charge in [0, 0.05) is 22.4 Å². The van der Waals surface area contributed by atoms with Crippen LogP contribution in [0.2, 0.25) is 0 Å². The number of hydrogen-bond donors (Lipinski definition) is 1. The number of anilines is 1. The number of hydrogen-bond acceptors (Lipinski definition) is 6. The second-order valence-electron chi connectivity index (χ2n) is 7.49. The summed E-state index contributed by atoms with van der Waals surface area (Å²) in [5.41, 5.74) is 2.84. The zero-order valence-corrected chi connectivity index (χ0v) is 18.3. The molecule has 1 N–H and O–H groups in total. The third-order valence-electron chi connectivity index (χ3n) is 4.94. The van der Waals surface area contributed by atoms with E-state index < -0.39 is 18.7 Å². The van der Waals surface area contributed by atoms with E-state index in [-0.39, 0.29) is 17.0 Å². The molecule has 10 heteroatoms. The van der Waals surface area contributed by atoms with Crippen molar-refractivity contribution in [3.8, 4) is 34.7 Å². The number of halogens is 3. The normalized spacial score (nSPS) is 11.1. The molecular weight excluding hydrogens is 461 g/mol.